The molecule has 2 aliphatic heterocycles. The molecule has 0 saturated carbocycles. The van der Waals surface area contributed by atoms with Crippen LogP contribution in [-0.2, 0) is 4.74 Å². The molecular weight excluding hydrogens is 192 g/mol. The summed E-state index contributed by atoms with van der Waals surface area (Å²) in [5, 5.41) is 0. The number of hydrogen-bond donors (Lipinski definition) is 0. The molecule has 0 spiro atoms. The van der Waals surface area contributed by atoms with Crippen molar-refractivity contribution in [2.45, 2.75) is 44.8 Å². The maximum absolute atomic E-state index is 5.74. The number of hydrogen-bond acceptors (Lipinski definition) is 2. The monoisotopic (exact) mass is 212 g/mol. The van der Waals surface area contributed by atoms with Crippen LogP contribution in [0.1, 0.15) is 32.6 Å². The van der Waals surface area contributed by atoms with Crippen LogP contribution in [0, 0.1) is 5.92 Å². The molecule has 14 heavy (non-hydrogen) atoms. The van der Waals surface area contributed by atoms with E-state index in [4.69, 9.17) is 4.74 Å². The Morgan fingerprint density at radius 2 is 2.29 bits per heavy atom. The predicted octanol–water partition coefficient (Wildman–Crippen LogP) is 3.25. The zero-order valence-corrected chi connectivity index (χ0v) is 9.76. The van der Waals surface area contributed by atoms with Crippen LogP contribution in [0.5, 0.6) is 0 Å². The largest absolute Gasteiger partial charge is 0.367 e. The van der Waals surface area contributed by atoms with Crippen LogP contribution >= 0.6 is 11.8 Å². The lowest BCUT2D eigenvalue weighted by Gasteiger charge is -2.14. The molecule has 2 heteroatoms. The topological polar surface area (TPSA) is 9.23 Å². The van der Waals surface area contributed by atoms with E-state index in [1.54, 1.807) is 0 Å². The van der Waals surface area contributed by atoms with E-state index in [9.17, 15) is 0 Å². The predicted molar refractivity (Wildman–Crippen MR) is 62.8 cm³/mol. The molecule has 1 fully saturated rings. The second-order valence-electron chi connectivity index (χ2n) is 4.27. The van der Waals surface area contributed by atoms with E-state index in [-0.39, 0.29) is 0 Å². The number of unbranched alkanes of at least 4 members (excludes halogenated alkanes) is 1. The van der Waals surface area contributed by atoms with Crippen molar-refractivity contribution < 1.29 is 4.74 Å². The summed E-state index contributed by atoms with van der Waals surface area (Å²) in [4.78, 5) is 0. The molecule has 3 unspecified atom stereocenters. The third-order valence-corrected chi connectivity index (χ3v) is 4.22. The van der Waals surface area contributed by atoms with Crippen molar-refractivity contribution in [2.24, 2.45) is 5.92 Å². The molecule has 0 aromatic heterocycles. The Hall–Kier alpha value is 0.0500. The summed E-state index contributed by atoms with van der Waals surface area (Å²) >= 11 is 2.11. The van der Waals surface area contributed by atoms with Crippen molar-refractivity contribution in [3.05, 3.63) is 12.2 Å². The fraction of sp³-hybridized carbons (Fsp3) is 0.833. The lowest BCUT2D eigenvalue weighted by Crippen LogP contribution is -2.13. The second kappa shape index (κ2) is 5.22. The van der Waals surface area contributed by atoms with Crippen molar-refractivity contribution in [3.8, 4) is 0 Å². The highest BCUT2D eigenvalue weighted by molar-refractivity contribution is 7.99. The SMILES string of the molecule is CCCCSCCC1CC2C=CC1O2. The van der Waals surface area contributed by atoms with E-state index in [1.165, 1.54) is 37.2 Å². The lowest BCUT2D eigenvalue weighted by molar-refractivity contribution is 0.108. The number of ether oxygens (including phenoxy) is 1. The Bertz CT molecular complexity index is 202. The normalized spacial score (nSPS) is 34.2. The molecule has 2 rings (SSSR count). The molecule has 0 aromatic carbocycles. The fourth-order valence-electron chi connectivity index (χ4n) is 2.23. The quantitative estimate of drug-likeness (QED) is 0.494. The van der Waals surface area contributed by atoms with Gasteiger partial charge in [0.05, 0.1) is 12.2 Å². The molecule has 1 saturated heterocycles. The highest BCUT2D eigenvalue weighted by Crippen LogP contribution is 2.36. The van der Waals surface area contributed by atoms with Gasteiger partial charge in [0, 0.05) is 0 Å². The molecule has 3 atom stereocenters. The first-order valence-electron chi connectivity index (χ1n) is 5.81. The van der Waals surface area contributed by atoms with E-state index in [2.05, 4.69) is 30.8 Å². The molecule has 0 aliphatic carbocycles. The average molecular weight is 212 g/mol. The van der Waals surface area contributed by atoms with Crippen molar-refractivity contribution >= 4 is 11.8 Å². The molecule has 0 amide bonds. The average Bonchev–Trinajstić information content (AvgIpc) is 2.79. The molecule has 80 valence electrons. The summed E-state index contributed by atoms with van der Waals surface area (Å²) in [5.41, 5.74) is 0. The van der Waals surface area contributed by atoms with Crippen LogP contribution in [0.15, 0.2) is 12.2 Å². The van der Waals surface area contributed by atoms with Crippen LogP contribution in [-0.4, -0.2) is 23.7 Å². The maximum Gasteiger partial charge on any atom is 0.0794 e. The molecular formula is C12H20OS. The Labute approximate surface area is 91.3 Å². The van der Waals surface area contributed by atoms with Gasteiger partial charge in [-0.15, -0.1) is 0 Å². The van der Waals surface area contributed by atoms with E-state index in [0.29, 0.717) is 12.2 Å². The zero-order chi connectivity index (χ0) is 9.80. The summed E-state index contributed by atoms with van der Waals surface area (Å²) in [7, 11) is 0. The van der Waals surface area contributed by atoms with Gasteiger partial charge in [-0.3, -0.25) is 0 Å². The minimum atomic E-state index is 0.464. The lowest BCUT2D eigenvalue weighted by atomic mass is 9.92. The maximum atomic E-state index is 5.74. The highest BCUT2D eigenvalue weighted by atomic mass is 32.2. The van der Waals surface area contributed by atoms with Gasteiger partial charge in [0.2, 0.25) is 0 Å². The van der Waals surface area contributed by atoms with Crippen molar-refractivity contribution in [2.75, 3.05) is 11.5 Å². The molecule has 2 aliphatic rings. The number of thioether (sulfide) groups is 1. The zero-order valence-electron chi connectivity index (χ0n) is 8.95. The summed E-state index contributed by atoms with van der Waals surface area (Å²) in [6.45, 7) is 2.26. The van der Waals surface area contributed by atoms with E-state index in [1.807, 2.05) is 0 Å². The molecule has 0 radical (unpaired) electrons. The minimum Gasteiger partial charge on any atom is -0.367 e. The number of rotatable bonds is 6. The van der Waals surface area contributed by atoms with Crippen LogP contribution < -0.4 is 0 Å². The van der Waals surface area contributed by atoms with E-state index in [0.717, 1.165) is 5.92 Å². The van der Waals surface area contributed by atoms with E-state index >= 15 is 0 Å². The first kappa shape index (κ1) is 10.6. The van der Waals surface area contributed by atoms with E-state index < -0.39 is 0 Å². The van der Waals surface area contributed by atoms with Crippen molar-refractivity contribution in [3.63, 3.8) is 0 Å². The van der Waals surface area contributed by atoms with Crippen LogP contribution in [0.4, 0.5) is 0 Å². The van der Waals surface area contributed by atoms with Gasteiger partial charge in [-0.25, -0.2) is 0 Å². The molecule has 0 aromatic rings. The van der Waals surface area contributed by atoms with Gasteiger partial charge >= 0.3 is 0 Å². The molecule has 0 N–H and O–H groups in total. The van der Waals surface area contributed by atoms with Gasteiger partial charge in [0.25, 0.3) is 0 Å². The minimum absolute atomic E-state index is 0.464. The van der Waals surface area contributed by atoms with Gasteiger partial charge in [0.15, 0.2) is 0 Å². The Morgan fingerprint density at radius 3 is 2.93 bits per heavy atom. The summed E-state index contributed by atoms with van der Waals surface area (Å²) < 4.78 is 5.74. The smallest absolute Gasteiger partial charge is 0.0794 e. The van der Waals surface area contributed by atoms with Gasteiger partial charge < -0.3 is 4.74 Å². The Morgan fingerprint density at radius 1 is 1.36 bits per heavy atom. The van der Waals surface area contributed by atoms with Crippen molar-refractivity contribution in [1.82, 2.24) is 0 Å². The number of fused-ring (bicyclic) bond motifs is 2. The first-order chi connectivity index (χ1) is 6.90. The highest BCUT2D eigenvalue weighted by Gasteiger charge is 2.35. The summed E-state index contributed by atoms with van der Waals surface area (Å²) in [6.07, 6.45) is 10.7. The summed E-state index contributed by atoms with van der Waals surface area (Å²) in [6, 6.07) is 0. The van der Waals surface area contributed by atoms with Gasteiger partial charge in [-0.05, 0) is 36.7 Å². The van der Waals surface area contributed by atoms with Gasteiger partial charge in [0.1, 0.15) is 0 Å². The molecule has 1 nitrogen and oxygen atoms in total. The Kier molecular flexibility index (Phi) is 3.94. The molecule has 2 heterocycles. The second-order valence-corrected chi connectivity index (χ2v) is 5.50. The third-order valence-electron chi connectivity index (χ3n) is 3.12. The van der Waals surface area contributed by atoms with Gasteiger partial charge in [-0.1, -0.05) is 25.5 Å². The van der Waals surface area contributed by atoms with Crippen LogP contribution in [0.25, 0.3) is 0 Å². The Balaban J connectivity index is 1.56. The standard InChI is InChI=1S/C12H20OS/c1-2-3-7-14-8-6-10-9-11-4-5-12(10)13-11/h4-5,10-12H,2-3,6-9H2,1H3. The first-order valence-corrected chi connectivity index (χ1v) is 6.97. The fourth-order valence-corrected chi connectivity index (χ4v) is 3.39. The van der Waals surface area contributed by atoms with Crippen LogP contribution in [0.3, 0.4) is 0 Å². The summed E-state index contributed by atoms with van der Waals surface area (Å²) in [5.74, 6) is 3.48. The van der Waals surface area contributed by atoms with Crippen molar-refractivity contribution in [1.29, 1.82) is 0 Å². The third kappa shape index (κ3) is 2.54. The van der Waals surface area contributed by atoms with Gasteiger partial charge in [-0.2, -0.15) is 11.8 Å². The molecule has 2 bridgehead atoms. The van der Waals surface area contributed by atoms with Crippen LogP contribution in [0.2, 0.25) is 0 Å².